The fourth-order valence-corrected chi connectivity index (χ4v) is 14.2. The van der Waals surface area contributed by atoms with Crippen molar-refractivity contribution in [2.75, 3.05) is 67.0 Å². The number of hydrogen-bond donors (Lipinski definition) is 0. The van der Waals surface area contributed by atoms with Crippen molar-refractivity contribution in [1.82, 2.24) is 9.80 Å². The molecule has 0 aromatic rings. The first-order valence-electron chi connectivity index (χ1n) is 42.3. The minimum atomic E-state index is -3.71. The highest BCUT2D eigenvalue weighted by Crippen LogP contribution is 2.40. The molecule has 103 heavy (non-hydrogen) atoms. The van der Waals surface area contributed by atoms with E-state index < -0.39 is 44.0 Å². The molecule has 604 valence electrons. The van der Waals surface area contributed by atoms with Crippen LogP contribution in [-0.2, 0) is 47.5 Å². The fourth-order valence-electron chi connectivity index (χ4n) is 13.4. The van der Waals surface area contributed by atoms with Crippen LogP contribution in [0.3, 0.4) is 0 Å². The molecular weight excluding hydrogens is 1320 g/mol. The molecule has 0 radical (unpaired) electrons. The van der Waals surface area contributed by atoms with Crippen LogP contribution in [0.5, 0.6) is 0 Å². The lowest BCUT2D eigenvalue weighted by atomic mass is 9.98. The predicted octanol–water partition coefficient (Wildman–Crippen LogP) is 25.5. The molecule has 14 heteroatoms. The van der Waals surface area contributed by atoms with E-state index in [1.54, 1.807) is 0 Å². The monoisotopic (exact) mass is 1490 g/mol. The molecule has 0 bridgehead atoms. The quantitative estimate of drug-likeness (QED) is 0.0326. The van der Waals surface area contributed by atoms with Crippen LogP contribution in [0.4, 0.5) is 0 Å². The molecule has 4 atom stereocenters. The maximum Gasteiger partial charge on any atom is 0.264 e. The summed E-state index contributed by atoms with van der Waals surface area (Å²) in [4.78, 5) is 4.52. The van der Waals surface area contributed by atoms with Crippen molar-refractivity contribution < 1.29 is 44.1 Å². The molecule has 0 amide bonds. The zero-order chi connectivity index (χ0) is 74.6. The smallest absolute Gasteiger partial charge is 0.264 e. The Hall–Kier alpha value is -2.50. The molecule has 2 heterocycles. The molecule has 2 rings (SSSR count). The lowest BCUT2D eigenvalue weighted by Crippen LogP contribution is -2.39. The van der Waals surface area contributed by atoms with Crippen LogP contribution in [0.2, 0.25) is 0 Å². The SMILES string of the molecule is C.CCCCC/C=C\C/C=C\CCCCCCCCC1(CCCCCCCC/C=C\C/C=C\CCCCC)OC(CN(C)C)C(CN(C)C)O1.CCCCC/C=C\C/C=C\CCCCCCCCC1(CCCCCCCC/C=C\C/C=C\CCCCC)OC(COS(C)(=O)=O)C(COS(C)(=O)=O)O1. The predicted molar refractivity (Wildman–Crippen MR) is 446 cm³/mol. The largest absolute Gasteiger partial charge is 0.343 e. The van der Waals surface area contributed by atoms with E-state index in [0.717, 1.165) is 115 Å². The third kappa shape index (κ3) is 64.1. The average Bonchev–Trinajstić information content (AvgIpc) is 1.67. The molecule has 0 aromatic heterocycles. The minimum Gasteiger partial charge on any atom is -0.343 e. The topological polar surface area (TPSA) is 130 Å². The van der Waals surface area contributed by atoms with Crippen molar-refractivity contribution in [3.8, 4) is 0 Å². The highest BCUT2D eigenvalue weighted by Gasteiger charge is 2.48. The first-order valence-corrected chi connectivity index (χ1v) is 45.9. The number of rotatable bonds is 70. The Labute approximate surface area is 639 Å². The number of allylic oxidation sites excluding steroid dienone is 16. The van der Waals surface area contributed by atoms with Crippen LogP contribution >= 0.6 is 0 Å². The molecule has 2 fully saturated rings. The summed E-state index contributed by atoms with van der Waals surface area (Å²) in [5, 5.41) is 0. The minimum absolute atomic E-state index is 0. The maximum absolute atomic E-state index is 11.8. The Kier molecular flexibility index (Phi) is 68.2. The summed E-state index contributed by atoms with van der Waals surface area (Å²) in [5.74, 6) is -1.31. The summed E-state index contributed by atoms with van der Waals surface area (Å²) in [6.45, 7) is 10.4. The molecule has 0 N–H and O–H groups in total. The summed E-state index contributed by atoms with van der Waals surface area (Å²) in [6.07, 6.45) is 99.8. The Morgan fingerprint density at radius 2 is 0.466 bits per heavy atom. The van der Waals surface area contributed by atoms with E-state index in [1.165, 1.54) is 231 Å². The van der Waals surface area contributed by atoms with E-state index >= 15 is 0 Å². The van der Waals surface area contributed by atoms with E-state index in [1.807, 2.05) is 0 Å². The average molecular weight is 1490 g/mol. The summed E-state index contributed by atoms with van der Waals surface area (Å²) in [6, 6.07) is 0. The van der Waals surface area contributed by atoms with E-state index in [-0.39, 0.29) is 32.8 Å². The van der Waals surface area contributed by atoms with Gasteiger partial charge in [-0.3, -0.25) is 8.37 Å². The lowest BCUT2D eigenvalue weighted by Gasteiger charge is -2.29. The zero-order valence-electron chi connectivity index (χ0n) is 67.9. The number of likely N-dealkylation sites (N-methyl/N-ethyl adjacent to an activating group) is 2. The van der Waals surface area contributed by atoms with Gasteiger partial charge in [0.2, 0.25) is 0 Å². The fraction of sp³-hybridized carbons (Fsp3) is 0.820. The van der Waals surface area contributed by atoms with Crippen molar-refractivity contribution in [3.63, 3.8) is 0 Å². The van der Waals surface area contributed by atoms with Gasteiger partial charge < -0.3 is 28.7 Å². The summed E-state index contributed by atoms with van der Waals surface area (Å²) in [7, 11) is 1.19. The summed E-state index contributed by atoms with van der Waals surface area (Å²) < 4.78 is 84.1. The van der Waals surface area contributed by atoms with E-state index in [2.05, 4.69) is 163 Å². The van der Waals surface area contributed by atoms with Gasteiger partial charge in [0.25, 0.3) is 20.2 Å². The van der Waals surface area contributed by atoms with Gasteiger partial charge in [-0.1, -0.05) is 286 Å². The van der Waals surface area contributed by atoms with Gasteiger partial charge in [0.15, 0.2) is 11.6 Å². The van der Waals surface area contributed by atoms with Gasteiger partial charge in [0.1, 0.15) is 24.4 Å². The molecule has 2 saturated heterocycles. The maximum atomic E-state index is 11.8. The van der Waals surface area contributed by atoms with Crippen molar-refractivity contribution in [3.05, 3.63) is 97.2 Å². The van der Waals surface area contributed by atoms with Gasteiger partial charge in [-0.2, -0.15) is 16.8 Å². The van der Waals surface area contributed by atoms with Gasteiger partial charge in [-0.25, -0.2) is 0 Å². The van der Waals surface area contributed by atoms with Crippen LogP contribution in [-0.4, -0.2) is 130 Å². The third-order valence-corrected chi connectivity index (χ3v) is 20.4. The van der Waals surface area contributed by atoms with E-state index in [9.17, 15) is 16.8 Å². The van der Waals surface area contributed by atoms with Crippen LogP contribution in [0, 0.1) is 0 Å². The Bertz CT molecular complexity index is 2200. The number of ether oxygens (including phenoxy) is 4. The molecule has 0 aromatic carbocycles. The molecule has 0 spiro atoms. The van der Waals surface area contributed by atoms with Gasteiger partial charge in [-0.15, -0.1) is 0 Å². The van der Waals surface area contributed by atoms with Crippen LogP contribution in [0.1, 0.15) is 369 Å². The van der Waals surface area contributed by atoms with Crippen molar-refractivity contribution in [2.45, 2.75) is 405 Å². The standard InChI is InChI=1S/C45H84N2O2.C43H78O8S2.CH4/c1-7-9-11-13-15-17-19-21-23-25-27-29-31-33-35-37-39-45(48-43(41-46(3)4)44(49-45)42-47(5)6)40-38-36-34-32-30-28-26-24-22-20-18-16-14-12-10-8-2;1-5-7-9-11-13-15-17-19-21-23-25-27-29-31-33-35-37-43(50-41(39-48-52(3,44)45)42(51-43)40-49-53(4,46)47)38-36-34-32-30-28-26-24-22-20-18-16-14-12-10-8-6-2;/h15-18,21-24,43-44H,7-14,19-20,25-42H2,1-6H3;13-16,19-22,41-42H,5-12,17-18,23-40H2,1-4H3;1H4/b17-15-,18-16-,23-21-,24-22-;15-13-,16-14-,21-19-,22-20-;. The van der Waals surface area contributed by atoms with Crippen molar-refractivity contribution in [2.24, 2.45) is 0 Å². The Balaban J connectivity index is 0.00000201. The first-order chi connectivity index (χ1) is 49.4. The molecule has 2 aliphatic rings. The van der Waals surface area contributed by atoms with Gasteiger partial charge >= 0.3 is 0 Å². The second kappa shape index (κ2) is 69.9. The van der Waals surface area contributed by atoms with Crippen LogP contribution in [0.15, 0.2) is 97.2 Å². The van der Waals surface area contributed by atoms with Crippen molar-refractivity contribution in [1.29, 1.82) is 0 Å². The molecule has 12 nitrogen and oxygen atoms in total. The summed E-state index contributed by atoms with van der Waals surface area (Å²) >= 11 is 0. The van der Waals surface area contributed by atoms with Crippen molar-refractivity contribution >= 4 is 20.2 Å². The van der Waals surface area contributed by atoms with E-state index in [4.69, 9.17) is 27.3 Å². The second-order valence-corrected chi connectivity index (χ2v) is 33.6. The molecular formula is C89H166N2O10S2. The van der Waals surface area contributed by atoms with Crippen LogP contribution in [0.25, 0.3) is 0 Å². The molecule has 0 saturated carbocycles. The number of unbranched alkanes of at least 4 members (excludes halogenated alkanes) is 36. The van der Waals surface area contributed by atoms with E-state index in [0.29, 0.717) is 12.8 Å². The molecule has 2 aliphatic heterocycles. The first kappa shape index (κ1) is 100. The van der Waals surface area contributed by atoms with Gasteiger partial charge in [0.05, 0.1) is 25.7 Å². The lowest BCUT2D eigenvalue weighted by molar-refractivity contribution is -0.189. The highest BCUT2D eigenvalue weighted by atomic mass is 32.2. The summed E-state index contributed by atoms with van der Waals surface area (Å²) in [5.41, 5.74) is 0. The van der Waals surface area contributed by atoms with Gasteiger partial charge in [0, 0.05) is 38.8 Å². The highest BCUT2D eigenvalue weighted by molar-refractivity contribution is 7.86. The Morgan fingerprint density at radius 3 is 0.660 bits per heavy atom. The third-order valence-electron chi connectivity index (χ3n) is 19.3. The zero-order valence-corrected chi connectivity index (χ0v) is 69.6. The van der Waals surface area contributed by atoms with Gasteiger partial charge in [-0.05, 0) is 182 Å². The number of nitrogens with zero attached hydrogens (tertiary/aromatic N) is 2. The van der Waals surface area contributed by atoms with Crippen LogP contribution < -0.4 is 0 Å². The molecule has 4 unspecified atom stereocenters. The Morgan fingerprint density at radius 1 is 0.282 bits per heavy atom. The normalized spacial score (nSPS) is 18.1. The second-order valence-electron chi connectivity index (χ2n) is 30.3. The molecule has 0 aliphatic carbocycles. The number of hydrogen-bond acceptors (Lipinski definition) is 12.